The third-order valence-electron chi connectivity index (χ3n) is 2.80. The molecule has 0 aliphatic carbocycles. The van der Waals surface area contributed by atoms with Crippen LogP contribution in [0.25, 0.3) is 0 Å². The van der Waals surface area contributed by atoms with Crippen molar-refractivity contribution in [2.24, 2.45) is 4.99 Å². The van der Waals surface area contributed by atoms with Crippen LogP contribution in [0.4, 0.5) is 10.1 Å². The molecule has 0 saturated heterocycles. The molecule has 0 radical (unpaired) electrons. The molecule has 0 fully saturated rings. The lowest BCUT2D eigenvalue weighted by molar-refractivity contribution is 0.397. The molecule has 19 heavy (non-hydrogen) atoms. The molecule has 0 aromatic heterocycles. The summed E-state index contributed by atoms with van der Waals surface area (Å²) in [5.74, 6) is 0. The average Bonchev–Trinajstić information content (AvgIpc) is 2.30. The van der Waals surface area contributed by atoms with Crippen LogP contribution in [0.1, 0.15) is 30.9 Å². The first-order valence-electron chi connectivity index (χ1n) is 6.26. The normalized spacial score (nSPS) is 15.1. The maximum atomic E-state index is 13.3. The molecule has 1 aromatic rings. The third kappa shape index (κ3) is 6.35. The highest BCUT2D eigenvalue weighted by molar-refractivity contribution is 7.86. The van der Waals surface area contributed by atoms with Crippen molar-refractivity contribution < 1.29 is 4.39 Å². The average molecular weight is 297 g/mol. The number of nitrogens with zero attached hydrogens (tertiary/aromatic N) is 1. The smallest absolute Gasteiger partial charge is 0.166 e. The molecule has 0 aliphatic rings. The second kappa shape index (κ2) is 7.21. The first-order chi connectivity index (χ1) is 8.81. The highest BCUT2D eigenvalue weighted by atomic mass is 32.1. The van der Waals surface area contributed by atoms with Crippen molar-refractivity contribution in [3.05, 3.63) is 42.0 Å². The molecule has 2 unspecified atom stereocenters. The van der Waals surface area contributed by atoms with Crippen LogP contribution in [0, 0.1) is 6.92 Å². The molecule has 1 rings (SSSR count). The topological polar surface area (TPSA) is 12.4 Å². The molecule has 1 aromatic carbocycles. The Morgan fingerprint density at radius 1 is 1.58 bits per heavy atom. The first-order valence-corrected chi connectivity index (χ1v) is 7.29. The zero-order chi connectivity index (χ0) is 14.5. The number of halogens is 1. The lowest BCUT2D eigenvalue weighted by Crippen LogP contribution is -2.05. The number of thiol groups is 1. The fourth-order valence-electron chi connectivity index (χ4n) is 1.69. The number of alkyl halides is 1. The van der Waals surface area contributed by atoms with Gasteiger partial charge in [0, 0.05) is 5.71 Å². The summed E-state index contributed by atoms with van der Waals surface area (Å²) in [4.78, 5) is 4.58. The van der Waals surface area contributed by atoms with Crippen LogP contribution in [0.2, 0.25) is 0 Å². The molecule has 104 valence electrons. The Labute approximate surface area is 123 Å². The van der Waals surface area contributed by atoms with E-state index in [1.807, 2.05) is 19.9 Å². The van der Waals surface area contributed by atoms with Gasteiger partial charge in [-0.2, -0.15) is 0 Å². The number of hydrogen-bond acceptors (Lipinski definition) is 2. The van der Waals surface area contributed by atoms with Crippen molar-refractivity contribution >= 4 is 33.3 Å². The largest absolute Gasteiger partial charge is 0.258 e. The van der Waals surface area contributed by atoms with Crippen LogP contribution in [-0.2, 0) is 6.42 Å². The van der Waals surface area contributed by atoms with Crippen LogP contribution in [0.5, 0.6) is 0 Å². The number of allylic oxidation sites excluding steroid dienone is 1. The number of benzene rings is 1. The molecule has 2 atom stereocenters. The van der Waals surface area contributed by atoms with Crippen LogP contribution < -0.4 is 0 Å². The van der Waals surface area contributed by atoms with E-state index in [2.05, 4.69) is 51.6 Å². The summed E-state index contributed by atoms with van der Waals surface area (Å²) in [6.07, 6.45) is 3.63. The zero-order valence-corrected chi connectivity index (χ0v) is 13.5. The van der Waals surface area contributed by atoms with Crippen molar-refractivity contribution in [2.75, 3.05) is 0 Å². The minimum atomic E-state index is -1.52. The predicted molar refractivity (Wildman–Crippen MR) is 89.6 cm³/mol. The number of rotatable bonds is 6. The van der Waals surface area contributed by atoms with Gasteiger partial charge in [-0.3, -0.25) is 4.99 Å². The second-order valence-electron chi connectivity index (χ2n) is 4.78. The summed E-state index contributed by atoms with van der Waals surface area (Å²) in [5, 5.41) is 0. The minimum Gasteiger partial charge on any atom is -0.258 e. The van der Waals surface area contributed by atoms with E-state index in [0.29, 0.717) is 12.8 Å². The maximum Gasteiger partial charge on any atom is 0.166 e. The van der Waals surface area contributed by atoms with Gasteiger partial charge in [-0.05, 0) is 50.3 Å². The molecule has 0 bridgehead atoms. The predicted octanol–water partition coefficient (Wildman–Crippen LogP) is 5.02. The SMILES string of the molecule is C=CCc1ccc(C)c(N=C(C)CCC(F)(P)S)c1. The molecule has 0 saturated carbocycles. The van der Waals surface area contributed by atoms with E-state index in [1.54, 1.807) is 0 Å². The standard InChI is InChI=1S/C15H21FNPS/c1-4-5-13-7-6-11(2)14(10-13)17-12(3)8-9-15(16,18)19/h4,6-7,10,19H,1,5,8-9,18H2,2-3H3. The number of aryl methyl sites for hydroxylation is 1. The maximum absolute atomic E-state index is 13.3. The molecular weight excluding hydrogens is 276 g/mol. The van der Waals surface area contributed by atoms with E-state index >= 15 is 0 Å². The van der Waals surface area contributed by atoms with E-state index in [1.165, 1.54) is 5.56 Å². The van der Waals surface area contributed by atoms with Crippen LogP contribution >= 0.6 is 21.9 Å². The third-order valence-corrected chi connectivity index (χ3v) is 3.31. The number of hydrogen-bond donors (Lipinski definition) is 1. The molecule has 0 aliphatic heterocycles. The van der Waals surface area contributed by atoms with Gasteiger partial charge in [0.05, 0.1) is 5.69 Å². The summed E-state index contributed by atoms with van der Waals surface area (Å²) in [6.45, 7) is 7.68. The molecular formula is C15H21FNPS. The Hall–Kier alpha value is -0.660. The summed E-state index contributed by atoms with van der Waals surface area (Å²) >= 11 is 3.85. The monoisotopic (exact) mass is 297 g/mol. The van der Waals surface area contributed by atoms with Gasteiger partial charge < -0.3 is 0 Å². The van der Waals surface area contributed by atoms with E-state index in [9.17, 15) is 4.39 Å². The summed E-state index contributed by atoms with van der Waals surface area (Å²) in [6, 6.07) is 6.19. The lowest BCUT2D eigenvalue weighted by Gasteiger charge is -2.12. The van der Waals surface area contributed by atoms with Crippen LogP contribution in [0.15, 0.2) is 35.8 Å². The quantitative estimate of drug-likeness (QED) is 0.327. The van der Waals surface area contributed by atoms with Gasteiger partial charge in [0.2, 0.25) is 0 Å². The Kier molecular flexibility index (Phi) is 6.22. The number of aliphatic imine (C=N–C) groups is 1. The first kappa shape index (κ1) is 16.4. The van der Waals surface area contributed by atoms with Gasteiger partial charge in [0.15, 0.2) is 4.74 Å². The summed E-state index contributed by atoms with van der Waals surface area (Å²) in [7, 11) is 2.09. The van der Waals surface area contributed by atoms with Crippen molar-refractivity contribution in [3.8, 4) is 0 Å². The fraction of sp³-hybridized carbons (Fsp3) is 0.400. The minimum absolute atomic E-state index is 0.335. The second-order valence-corrected chi connectivity index (χ2v) is 6.92. The summed E-state index contributed by atoms with van der Waals surface area (Å²) < 4.78 is 11.8. The molecule has 1 nitrogen and oxygen atoms in total. The highest BCUT2D eigenvalue weighted by Gasteiger charge is 2.16. The van der Waals surface area contributed by atoms with Gasteiger partial charge in [-0.15, -0.1) is 19.2 Å². The Morgan fingerprint density at radius 3 is 2.84 bits per heavy atom. The van der Waals surface area contributed by atoms with Crippen LogP contribution in [0.3, 0.4) is 0 Å². The van der Waals surface area contributed by atoms with Crippen LogP contribution in [-0.4, -0.2) is 10.5 Å². The molecule has 4 heteroatoms. The van der Waals surface area contributed by atoms with Gasteiger partial charge in [-0.1, -0.05) is 27.4 Å². The van der Waals surface area contributed by atoms with E-state index in [0.717, 1.165) is 23.4 Å². The zero-order valence-electron chi connectivity index (χ0n) is 11.5. The van der Waals surface area contributed by atoms with E-state index in [4.69, 9.17) is 0 Å². The van der Waals surface area contributed by atoms with Crippen molar-refractivity contribution in [1.29, 1.82) is 0 Å². The highest BCUT2D eigenvalue weighted by Crippen LogP contribution is 2.31. The van der Waals surface area contributed by atoms with E-state index in [-0.39, 0.29) is 0 Å². The molecule has 0 heterocycles. The Bertz CT molecular complexity index is 478. The van der Waals surface area contributed by atoms with Crippen molar-refractivity contribution in [2.45, 2.75) is 37.9 Å². The van der Waals surface area contributed by atoms with Gasteiger partial charge in [0.25, 0.3) is 0 Å². The Morgan fingerprint density at radius 2 is 2.26 bits per heavy atom. The lowest BCUT2D eigenvalue weighted by atomic mass is 10.1. The molecule has 0 N–H and O–H groups in total. The molecule has 0 amide bonds. The van der Waals surface area contributed by atoms with Crippen molar-refractivity contribution in [3.63, 3.8) is 0 Å². The molecule has 0 spiro atoms. The summed E-state index contributed by atoms with van der Waals surface area (Å²) in [5.41, 5.74) is 4.17. The van der Waals surface area contributed by atoms with Crippen molar-refractivity contribution in [1.82, 2.24) is 0 Å². The van der Waals surface area contributed by atoms with Gasteiger partial charge in [-0.25, -0.2) is 4.39 Å². The van der Waals surface area contributed by atoms with Gasteiger partial charge >= 0.3 is 0 Å². The Balaban J connectivity index is 2.84. The van der Waals surface area contributed by atoms with E-state index < -0.39 is 4.74 Å². The van der Waals surface area contributed by atoms with Gasteiger partial charge in [0.1, 0.15) is 0 Å². The fourth-order valence-corrected chi connectivity index (χ4v) is 1.94.